The first-order chi connectivity index (χ1) is 10.8. The smallest absolute Gasteiger partial charge is 0.228 e. The van der Waals surface area contributed by atoms with Gasteiger partial charge in [-0.15, -0.1) is 0 Å². The number of carbonyl (C=O) groups is 1. The van der Waals surface area contributed by atoms with Gasteiger partial charge in [0.1, 0.15) is 5.69 Å². The van der Waals surface area contributed by atoms with Crippen LogP contribution in [0.2, 0.25) is 0 Å². The van der Waals surface area contributed by atoms with E-state index in [0.717, 1.165) is 34.6 Å². The molecule has 0 fully saturated rings. The van der Waals surface area contributed by atoms with Crippen LogP contribution in [0, 0.1) is 0 Å². The molecular formula is C17H17N3OS. The standard InChI is InChI=1S/C17H17N3OS/c1-2-14-17(16(20-19-14)13-8-9-22-11-13)18-15(21)10-12-6-4-3-5-7-12/h3-9,11H,2,10H2,1H3,(H,18,21)(H,19,20). The van der Waals surface area contributed by atoms with E-state index in [1.54, 1.807) is 11.3 Å². The second-order valence-electron chi connectivity index (χ2n) is 5.00. The molecule has 2 N–H and O–H groups in total. The van der Waals surface area contributed by atoms with E-state index in [1.165, 1.54) is 0 Å². The number of amides is 1. The number of hydrogen-bond donors (Lipinski definition) is 2. The van der Waals surface area contributed by atoms with Gasteiger partial charge in [-0.2, -0.15) is 16.4 Å². The fourth-order valence-corrected chi connectivity index (χ4v) is 2.98. The predicted octanol–water partition coefficient (Wildman–Crippen LogP) is 3.88. The molecule has 3 aromatic rings. The summed E-state index contributed by atoms with van der Waals surface area (Å²) in [5.41, 5.74) is 4.57. The molecule has 0 bridgehead atoms. The van der Waals surface area contributed by atoms with Crippen molar-refractivity contribution < 1.29 is 4.79 Å². The maximum atomic E-state index is 12.3. The molecule has 0 atom stereocenters. The third-order valence-corrected chi connectivity index (χ3v) is 4.14. The number of thiophene rings is 1. The fraction of sp³-hybridized carbons (Fsp3) is 0.176. The maximum Gasteiger partial charge on any atom is 0.228 e. The first-order valence-corrected chi connectivity index (χ1v) is 8.15. The van der Waals surface area contributed by atoms with Gasteiger partial charge in [0.2, 0.25) is 5.91 Å². The molecule has 4 nitrogen and oxygen atoms in total. The number of aromatic nitrogens is 2. The van der Waals surface area contributed by atoms with E-state index >= 15 is 0 Å². The van der Waals surface area contributed by atoms with Crippen LogP contribution in [0.1, 0.15) is 18.2 Å². The van der Waals surface area contributed by atoms with Gasteiger partial charge in [0.05, 0.1) is 17.8 Å². The van der Waals surface area contributed by atoms with Crippen molar-refractivity contribution in [2.75, 3.05) is 5.32 Å². The van der Waals surface area contributed by atoms with Crippen LogP contribution >= 0.6 is 11.3 Å². The second kappa shape index (κ2) is 6.58. The van der Waals surface area contributed by atoms with Gasteiger partial charge in [-0.3, -0.25) is 9.89 Å². The predicted molar refractivity (Wildman–Crippen MR) is 90.1 cm³/mol. The van der Waals surface area contributed by atoms with Crippen LogP contribution in [0.4, 0.5) is 5.69 Å². The fourth-order valence-electron chi connectivity index (χ4n) is 2.34. The maximum absolute atomic E-state index is 12.3. The molecule has 0 unspecified atom stereocenters. The van der Waals surface area contributed by atoms with Crippen molar-refractivity contribution in [1.29, 1.82) is 0 Å². The molecular weight excluding hydrogens is 294 g/mol. The summed E-state index contributed by atoms with van der Waals surface area (Å²) < 4.78 is 0. The molecule has 1 amide bonds. The largest absolute Gasteiger partial charge is 0.322 e. The van der Waals surface area contributed by atoms with Gasteiger partial charge < -0.3 is 5.32 Å². The summed E-state index contributed by atoms with van der Waals surface area (Å²) in [6.07, 6.45) is 1.15. The van der Waals surface area contributed by atoms with Gasteiger partial charge in [-0.25, -0.2) is 0 Å². The van der Waals surface area contributed by atoms with Crippen molar-refractivity contribution in [3.63, 3.8) is 0 Å². The number of benzene rings is 1. The number of aromatic amines is 1. The Labute approximate surface area is 133 Å². The van der Waals surface area contributed by atoms with Crippen molar-refractivity contribution in [3.05, 3.63) is 58.4 Å². The molecule has 2 aromatic heterocycles. The lowest BCUT2D eigenvalue weighted by molar-refractivity contribution is -0.115. The lowest BCUT2D eigenvalue weighted by Crippen LogP contribution is -2.15. The van der Waals surface area contributed by atoms with E-state index in [1.807, 2.05) is 54.1 Å². The molecule has 0 aliphatic carbocycles. The van der Waals surface area contributed by atoms with Crippen LogP contribution in [0.15, 0.2) is 47.2 Å². The SMILES string of the molecule is CCc1[nH]nc(-c2ccsc2)c1NC(=O)Cc1ccccc1. The summed E-state index contributed by atoms with van der Waals surface area (Å²) in [6.45, 7) is 2.04. The average molecular weight is 311 g/mol. The number of anilines is 1. The van der Waals surface area contributed by atoms with Crippen molar-refractivity contribution in [1.82, 2.24) is 10.2 Å². The Hall–Kier alpha value is -2.40. The van der Waals surface area contributed by atoms with E-state index < -0.39 is 0 Å². The second-order valence-corrected chi connectivity index (χ2v) is 5.78. The number of rotatable bonds is 5. The summed E-state index contributed by atoms with van der Waals surface area (Å²) in [4.78, 5) is 12.3. The van der Waals surface area contributed by atoms with E-state index in [-0.39, 0.29) is 5.91 Å². The zero-order valence-electron chi connectivity index (χ0n) is 12.3. The highest BCUT2D eigenvalue weighted by atomic mass is 32.1. The molecule has 0 saturated carbocycles. The lowest BCUT2D eigenvalue weighted by Gasteiger charge is -2.07. The summed E-state index contributed by atoms with van der Waals surface area (Å²) in [5, 5.41) is 14.4. The highest BCUT2D eigenvalue weighted by Crippen LogP contribution is 2.30. The topological polar surface area (TPSA) is 57.8 Å². The van der Waals surface area contributed by atoms with Gasteiger partial charge in [0, 0.05) is 10.9 Å². The molecule has 3 rings (SSSR count). The molecule has 2 heterocycles. The number of H-pyrrole nitrogens is 1. The van der Waals surface area contributed by atoms with E-state index in [9.17, 15) is 4.79 Å². The molecule has 0 saturated heterocycles. The number of aryl methyl sites for hydroxylation is 1. The number of nitrogens with zero attached hydrogens (tertiary/aromatic N) is 1. The van der Waals surface area contributed by atoms with Crippen molar-refractivity contribution in [2.45, 2.75) is 19.8 Å². The summed E-state index contributed by atoms with van der Waals surface area (Å²) in [5.74, 6) is -0.0289. The zero-order chi connectivity index (χ0) is 15.4. The van der Waals surface area contributed by atoms with Crippen molar-refractivity contribution in [3.8, 4) is 11.3 Å². The van der Waals surface area contributed by atoms with Crippen LogP contribution in [-0.2, 0) is 17.6 Å². The van der Waals surface area contributed by atoms with Gasteiger partial charge in [-0.05, 0) is 23.4 Å². The summed E-state index contributed by atoms with van der Waals surface area (Å²) >= 11 is 1.61. The number of hydrogen-bond acceptors (Lipinski definition) is 3. The Morgan fingerprint density at radius 3 is 2.77 bits per heavy atom. The van der Waals surface area contributed by atoms with Gasteiger partial charge >= 0.3 is 0 Å². The quantitative estimate of drug-likeness (QED) is 0.751. The average Bonchev–Trinajstić information content (AvgIpc) is 3.17. The molecule has 0 aliphatic rings. The Kier molecular flexibility index (Phi) is 4.34. The highest BCUT2D eigenvalue weighted by Gasteiger charge is 2.16. The first kappa shape index (κ1) is 14.5. The normalized spacial score (nSPS) is 10.6. The van der Waals surface area contributed by atoms with Gasteiger partial charge in [-0.1, -0.05) is 37.3 Å². The third-order valence-electron chi connectivity index (χ3n) is 3.46. The van der Waals surface area contributed by atoms with Gasteiger partial charge in [0.25, 0.3) is 0 Å². The lowest BCUT2D eigenvalue weighted by atomic mass is 10.1. The van der Waals surface area contributed by atoms with Crippen LogP contribution in [-0.4, -0.2) is 16.1 Å². The van der Waals surface area contributed by atoms with E-state index in [4.69, 9.17) is 0 Å². The minimum atomic E-state index is -0.0289. The van der Waals surface area contributed by atoms with Gasteiger partial charge in [0.15, 0.2) is 0 Å². The molecule has 22 heavy (non-hydrogen) atoms. The van der Waals surface area contributed by atoms with Crippen LogP contribution in [0.25, 0.3) is 11.3 Å². The van der Waals surface area contributed by atoms with Crippen LogP contribution < -0.4 is 5.32 Å². The van der Waals surface area contributed by atoms with E-state index in [0.29, 0.717) is 6.42 Å². The van der Waals surface area contributed by atoms with Crippen molar-refractivity contribution >= 4 is 22.9 Å². The number of carbonyl (C=O) groups excluding carboxylic acids is 1. The Morgan fingerprint density at radius 2 is 2.09 bits per heavy atom. The summed E-state index contributed by atoms with van der Waals surface area (Å²) in [7, 11) is 0. The molecule has 5 heteroatoms. The Morgan fingerprint density at radius 1 is 1.27 bits per heavy atom. The monoisotopic (exact) mass is 311 g/mol. The Bertz CT molecular complexity index is 748. The van der Waals surface area contributed by atoms with E-state index in [2.05, 4.69) is 15.5 Å². The third kappa shape index (κ3) is 3.09. The molecule has 0 spiro atoms. The molecule has 112 valence electrons. The highest BCUT2D eigenvalue weighted by molar-refractivity contribution is 7.08. The van der Waals surface area contributed by atoms with Crippen molar-refractivity contribution in [2.24, 2.45) is 0 Å². The minimum absolute atomic E-state index is 0.0289. The van der Waals surface area contributed by atoms with Crippen LogP contribution in [0.3, 0.4) is 0 Å². The number of nitrogens with one attached hydrogen (secondary N) is 2. The zero-order valence-corrected chi connectivity index (χ0v) is 13.1. The summed E-state index contributed by atoms with van der Waals surface area (Å²) in [6, 6.07) is 11.7. The molecule has 0 aliphatic heterocycles. The Balaban J connectivity index is 1.82. The molecule has 0 radical (unpaired) electrons. The van der Waals surface area contributed by atoms with Crippen LogP contribution in [0.5, 0.6) is 0 Å². The molecule has 1 aromatic carbocycles. The first-order valence-electron chi connectivity index (χ1n) is 7.21. The minimum Gasteiger partial charge on any atom is -0.322 e.